The summed E-state index contributed by atoms with van der Waals surface area (Å²) >= 11 is 3.03. The molecule has 1 aromatic rings. The summed E-state index contributed by atoms with van der Waals surface area (Å²) in [5, 5.41) is 12.6. The first-order valence-corrected chi connectivity index (χ1v) is 17.2. The molecule has 0 aliphatic heterocycles. The van der Waals surface area contributed by atoms with E-state index >= 15 is 0 Å². The first-order valence-electron chi connectivity index (χ1n) is 16.7. The van der Waals surface area contributed by atoms with E-state index in [9.17, 15) is 33.6 Å². The molecule has 0 spiro atoms. The van der Waals surface area contributed by atoms with Crippen LogP contribution in [0.1, 0.15) is 98.5 Å². The van der Waals surface area contributed by atoms with E-state index in [4.69, 9.17) is 16.3 Å². The second-order valence-corrected chi connectivity index (χ2v) is 11.2. The van der Waals surface area contributed by atoms with Gasteiger partial charge in [-0.3, -0.25) is 34.1 Å². The van der Waals surface area contributed by atoms with Gasteiger partial charge < -0.3 is 36.1 Å². The molecule has 0 atom stereocenters. The van der Waals surface area contributed by atoms with Crippen molar-refractivity contribution < 1.29 is 38.3 Å². The Bertz CT molecular complexity index is 1230. The number of ether oxygens (including phenoxy) is 1. The molecule has 16 nitrogen and oxygen atoms in total. The Kier molecular flexibility index (Phi) is 32.6. The van der Waals surface area contributed by atoms with Gasteiger partial charge in [-0.1, -0.05) is 45.7 Å². The maximum absolute atomic E-state index is 12.8. The van der Waals surface area contributed by atoms with Crippen LogP contribution in [0, 0.1) is 0 Å². The third kappa shape index (κ3) is 29.0. The number of thiol groups is 1. The summed E-state index contributed by atoms with van der Waals surface area (Å²) in [7, 11) is 1.68. The molecule has 0 bridgehead atoms. The number of unbranched alkanes of at least 4 members (excludes halogenated alkanes) is 2. The normalized spacial score (nSPS) is 9.37. The van der Waals surface area contributed by atoms with Gasteiger partial charge in [0.25, 0.3) is 5.91 Å². The van der Waals surface area contributed by atoms with Gasteiger partial charge in [-0.2, -0.15) is 0 Å². The first-order chi connectivity index (χ1) is 24.1. The van der Waals surface area contributed by atoms with Crippen molar-refractivity contribution in [2.45, 2.75) is 99.5 Å². The van der Waals surface area contributed by atoms with Crippen LogP contribution in [-0.4, -0.2) is 78.5 Å². The monoisotopic (exact) mass is 740 g/mol. The highest BCUT2D eigenvalue weighted by molar-refractivity contribution is 7.77. The summed E-state index contributed by atoms with van der Waals surface area (Å²) in [6.45, 7) is 11.7. The molecule has 0 fully saturated rings. The van der Waals surface area contributed by atoms with Crippen molar-refractivity contribution in [1.29, 1.82) is 0 Å². The zero-order valence-corrected chi connectivity index (χ0v) is 32.1. The number of benzene rings is 1. The predicted octanol–water partition coefficient (Wildman–Crippen LogP) is 3.07. The Morgan fingerprint density at radius 1 is 0.902 bits per heavy atom. The lowest BCUT2D eigenvalue weighted by atomic mass is 10.1. The van der Waals surface area contributed by atoms with Crippen molar-refractivity contribution in [2.24, 2.45) is 16.7 Å². The molecule has 0 aliphatic carbocycles. The van der Waals surface area contributed by atoms with Crippen LogP contribution in [0.15, 0.2) is 35.5 Å². The van der Waals surface area contributed by atoms with Gasteiger partial charge in [0.15, 0.2) is 0 Å². The fourth-order valence-corrected chi connectivity index (χ4v) is 3.59. The highest BCUT2D eigenvalue weighted by Crippen LogP contribution is 2.11. The van der Waals surface area contributed by atoms with E-state index in [0.29, 0.717) is 49.9 Å². The Hall–Kier alpha value is -4.48. The quantitative estimate of drug-likeness (QED) is 0.0169. The van der Waals surface area contributed by atoms with E-state index in [-0.39, 0.29) is 43.4 Å². The van der Waals surface area contributed by atoms with Crippen LogP contribution in [0.4, 0.5) is 10.5 Å². The molecule has 0 radical (unpaired) electrons. The summed E-state index contributed by atoms with van der Waals surface area (Å²) in [5.74, 6) is 3.75. The van der Waals surface area contributed by atoms with Crippen LogP contribution in [0.25, 0.3) is 0 Å². The molecule has 0 aromatic heterocycles. The lowest BCUT2D eigenvalue weighted by molar-refractivity contribution is -0.142. The topological polar surface area (TPSA) is 249 Å². The largest absolute Gasteiger partial charge is 0.461 e. The third-order valence-corrected chi connectivity index (χ3v) is 6.08. The maximum atomic E-state index is 12.8. The average Bonchev–Trinajstić information content (AvgIpc) is 3.08. The highest BCUT2D eigenvalue weighted by atomic mass is 32.1. The van der Waals surface area contributed by atoms with Gasteiger partial charge in [-0.15, -0.1) is 12.8 Å². The predicted molar refractivity (Wildman–Crippen MR) is 201 cm³/mol. The van der Waals surface area contributed by atoms with E-state index in [1.165, 1.54) is 13.3 Å². The number of nitrogens with zero attached hydrogens (tertiary/aromatic N) is 2. The number of rotatable bonds is 18. The number of aldehydes is 1. The van der Waals surface area contributed by atoms with Crippen LogP contribution < -0.4 is 32.7 Å². The molecule has 9 N–H and O–H groups in total. The summed E-state index contributed by atoms with van der Waals surface area (Å²) in [5.41, 5.74) is 6.48. The Morgan fingerprint density at radius 2 is 1.49 bits per heavy atom. The second kappa shape index (κ2) is 32.7. The van der Waals surface area contributed by atoms with Crippen LogP contribution in [0.2, 0.25) is 0 Å². The summed E-state index contributed by atoms with van der Waals surface area (Å²) in [6.07, 6.45) is 5.42. The number of carbonyl (C=O) groups is 7. The molecule has 0 aliphatic rings. The zero-order valence-electron chi connectivity index (χ0n) is 31.2. The van der Waals surface area contributed by atoms with Gasteiger partial charge in [0.1, 0.15) is 25.1 Å². The molecular formula is C34H60N8O8S. The Morgan fingerprint density at radius 3 is 1.96 bits per heavy atom. The van der Waals surface area contributed by atoms with Crippen LogP contribution in [0.5, 0.6) is 0 Å². The number of nitrogens with one attached hydrogen (secondary N) is 3. The number of primary amides is 1. The number of allylic oxidation sites excluding steroid dienone is 1. The molecule has 51 heavy (non-hydrogen) atoms. The summed E-state index contributed by atoms with van der Waals surface area (Å²) < 4.78 is 4.91. The fraction of sp³-hybridized carbons (Fsp3) is 0.559. The molecule has 0 saturated heterocycles. The van der Waals surface area contributed by atoms with E-state index in [1.54, 1.807) is 50.1 Å². The van der Waals surface area contributed by atoms with Crippen LogP contribution in [0.3, 0.4) is 0 Å². The van der Waals surface area contributed by atoms with E-state index in [1.807, 2.05) is 6.92 Å². The smallest absolute Gasteiger partial charge is 0.312 e. The number of esters is 1. The van der Waals surface area contributed by atoms with E-state index < -0.39 is 30.4 Å². The van der Waals surface area contributed by atoms with Gasteiger partial charge >= 0.3 is 12.0 Å². The van der Waals surface area contributed by atoms with Crippen molar-refractivity contribution in [3.63, 3.8) is 0 Å². The second-order valence-electron chi connectivity index (χ2n) is 11.2. The minimum atomic E-state index is -0.703. The SMILES string of the molecule is CC(=O)OCc1ccc(NC(=O)CN(N)C(=O)C(NC(=O)CCCCCN(C)C(=O)CCC=O)=C(C)C)cc1.CCC.CCCNC(N)=O.NS. The number of urea groups is 1. The molecule has 0 saturated carbocycles. The molecule has 0 unspecified atom stereocenters. The molecule has 1 aromatic carbocycles. The Labute approximate surface area is 308 Å². The number of carbonyl (C=O) groups excluding carboxylic acids is 7. The van der Waals surface area contributed by atoms with Gasteiger partial charge in [0.05, 0.1) is 0 Å². The number of hydrogen-bond donors (Lipinski definition) is 7. The highest BCUT2D eigenvalue weighted by Gasteiger charge is 2.21. The Balaban J connectivity index is -0.00000166. The molecular weight excluding hydrogens is 680 g/mol. The maximum Gasteiger partial charge on any atom is 0.312 e. The molecule has 290 valence electrons. The minimum Gasteiger partial charge on any atom is -0.461 e. The lowest BCUT2D eigenvalue weighted by Crippen LogP contribution is -2.46. The average molecular weight is 741 g/mol. The van der Waals surface area contributed by atoms with Gasteiger partial charge in [-0.05, 0) is 56.4 Å². The molecule has 0 heterocycles. The van der Waals surface area contributed by atoms with Crippen molar-refractivity contribution in [1.82, 2.24) is 20.5 Å². The fourth-order valence-electron chi connectivity index (χ4n) is 3.59. The third-order valence-electron chi connectivity index (χ3n) is 6.08. The van der Waals surface area contributed by atoms with Crippen molar-refractivity contribution in [2.75, 3.05) is 32.0 Å². The summed E-state index contributed by atoms with van der Waals surface area (Å²) in [6, 6.07) is 6.19. The number of nitrogens with two attached hydrogens (primary N) is 3. The molecule has 1 rings (SSSR count). The van der Waals surface area contributed by atoms with Gasteiger partial charge in [0, 0.05) is 52.0 Å². The van der Waals surface area contributed by atoms with Crippen molar-refractivity contribution >= 4 is 60.4 Å². The van der Waals surface area contributed by atoms with Crippen molar-refractivity contribution in [3.05, 3.63) is 41.1 Å². The van der Waals surface area contributed by atoms with Crippen LogP contribution >= 0.6 is 12.8 Å². The van der Waals surface area contributed by atoms with Crippen LogP contribution in [-0.2, 0) is 40.1 Å². The first kappa shape index (κ1) is 50.9. The summed E-state index contributed by atoms with van der Waals surface area (Å²) in [4.78, 5) is 82.1. The van der Waals surface area contributed by atoms with Crippen molar-refractivity contribution in [3.8, 4) is 0 Å². The number of hydrazine groups is 1. The lowest BCUT2D eigenvalue weighted by Gasteiger charge is -2.20. The van der Waals surface area contributed by atoms with E-state index in [2.05, 4.69) is 47.8 Å². The van der Waals surface area contributed by atoms with E-state index in [0.717, 1.165) is 17.0 Å². The minimum absolute atomic E-state index is 0.00521. The molecule has 6 amide bonds. The number of anilines is 1. The number of hydrogen-bond acceptors (Lipinski definition) is 11. The van der Waals surface area contributed by atoms with Gasteiger partial charge in [-0.25, -0.2) is 10.6 Å². The van der Waals surface area contributed by atoms with Gasteiger partial charge in [0.2, 0.25) is 17.7 Å². The standard InChI is InChI=1S/C27H39N5O7.C4H10N2O.C3H8.H3NS/c1-19(2)26(30-23(35)9-6-5-7-15-31(4)25(37)10-8-16-33)27(38)32(28)17-24(36)29-22-13-11-21(12-14-22)18-39-20(3)34;1-2-3-6-4(5)7;1-3-2;1-2/h11-14,16H,5-10,15,17-18,28H2,1-4H3,(H,29,36)(H,30,35);2-3H2,1H3,(H3,5,6,7);3H2,1-2H3;2H,1H2. The zero-order chi connectivity index (χ0) is 39.8. The molecule has 17 heteroatoms. The number of amides is 6.